The molecule has 1 rings (SSSR count). The zero-order chi connectivity index (χ0) is 13.4. The monoisotopic (exact) mass is 253 g/mol. The van der Waals surface area contributed by atoms with Gasteiger partial charge >= 0.3 is 0 Å². The summed E-state index contributed by atoms with van der Waals surface area (Å²) in [5.41, 5.74) is 2.19. The Labute approximate surface area is 111 Å². The van der Waals surface area contributed by atoms with Gasteiger partial charge in [0.05, 0.1) is 6.61 Å². The van der Waals surface area contributed by atoms with Crippen molar-refractivity contribution in [3.8, 4) is 0 Å². The second-order valence-corrected chi connectivity index (χ2v) is 4.78. The summed E-state index contributed by atoms with van der Waals surface area (Å²) in [5, 5.41) is 3.13. The maximum absolute atomic E-state index is 5.76. The summed E-state index contributed by atoms with van der Waals surface area (Å²) in [6.07, 6.45) is 3.78. The maximum atomic E-state index is 5.76. The van der Waals surface area contributed by atoms with Crippen LogP contribution in [0.2, 0.25) is 0 Å². The van der Waals surface area contributed by atoms with Crippen LogP contribution in [0.25, 0.3) is 0 Å². The van der Waals surface area contributed by atoms with Crippen molar-refractivity contribution in [2.24, 2.45) is 4.99 Å². The summed E-state index contributed by atoms with van der Waals surface area (Å²) in [5.74, 6) is 0.753. The molecule has 0 radical (unpaired) electrons. The number of aliphatic imine (C=N–C) groups is 1. The van der Waals surface area contributed by atoms with Gasteiger partial charge in [0.15, 0.2) is 0 Å². The van der Waals surface area contributed by atoms with Crippen LogP contribution >= 0.6 is 0 Å². The molecule has 1 saturated heterocycles. The number of likely N-dealkylation sites (tertiary alicyclic amines) is 1. The molecule has 1 aliphatic rings. The average Bonchev–Trinajstić information content (AvgIpc) is 2.90. The van der Waals surface area contributed by atoms with Gasteiger partial charge in [0, 0.05) is 31.9 Å². The van der Waals surface area contributed by atoms with Crippen molar-refractivity contribution in [3.05, 3.63) is 11.3 Å². The van der Waals surface area contributed by atoms with Gasteiger partial charge in [0.2, 0.25) is 5.90 Å². The molecule has 18 heavy (non-hydrogen) atoms. The highest BCUT2D eigenvalue weighted by Crippen LogP contribution is 2.08. The van der Waals surface area contributed by atoms with Gasteiger partial charge in [-0.3, -0.25) is 4.99 Å². The van der Waals surface area contributed by atoms with Crippen LogP contribution in [0, 0.1) is 0 Å². The number of hydrogen-bond donors (Lipinski definition) is 1. The van der Waals surface area contributed by atoms with E-state index in [0.717, 1.165) is 36.7 Å². The molecule has 1 aliphatic heterocycles. The van der Waals surface area contributed by atoms with Crippen LogP contribution in [0.3, 0.4) is 0 Å². The van der Waals surface area contributed by atoms with E-state index < -0.39 is 0 Å². The molecule has 0 aromatic carbocycles. The highest BCUT2D eigenvalue weighted by Gasteiger charge is 2.11. The lowest BCUT2D eigenvalue weighted by atomic mass is 10.2. The Morgan fingerprint density at radius 3 is 2.50 bits per heavy atom. The molecule has 1 fully saturated rings. The van der Waals surface area contributed by atoms with Crippen LogP contribution in [0.1, 0.15) is 33.1 Å². The summed E-state index contributed by atoms with van der Waals surface area (Å²) >= 11 is 0. The normalized spacial score (nSPS) is 18.8. The Bertz CT molecular complexity index is 304. The molecule has 0 amide bonds. The highest BCUT2D eigenvalue weighted by molar-refractivity contribution is 5.93. The fourth-order valence-electron chi connectivity index (χ4n) is 2.15. The fraction of sp³-hybridized carbons (Fsp3) is 0.786. The second-order valence-electron chi connectivity index (χ2n) is 4.78. The highest BCUT2D eigenvalue weighted by atomic mass is 16.5. The van der Waals surface area contributed by atoms with Crippen LogP contribution in [0.4, 0.5) is 0 Å². The van der Waals surface area contributed by atoms with Crippen molar-refractivity contribution in [2.45, 2.75) is 33.1 Å². The van der Waals surface area contributed by atoms with E-state index in [1.807, 2.05) is 20.9 Å². The lowest BCUT2D eigenvalue weighted by Gasteiger charge is -2.15. The van der Waals surface area contributed by atoms with Gasteiger partial charge in [-0.1, -0.05) is 0 Å². The first-order chi connectivity index (χ1) is 8.69. The standard InChI is InChI=1S/C14H27N3O/c1-12(13(2)15-3)14(16-4)18-11-7-10-17-8-5-6-9-17/h15H,5-11H2,1-4H3/b13-12+,16-14?. The van der Waals surface area contributed by atoms with Gasteiger partial charge in [0.1, 0.15) is 0 Å². The predicted octanol–water partition coefficient (Wildman–Crippen LogP) is 2.03. The minimum atomic E-state index is 0.748. The smallest absolute Gasteiger partial charge is 0.213 e. The molecule has 0 aromatic heterocycles. The third-order valence-corrected chi connectivity index (χ3v) is 3.52. The quantitative estimate of drug-likeness (QED) is 0.447. The van der Waals surface area contributed by atoms with E-state index in [1.54, 1.807) is 7.05 Å². The van der Waals surface area contributed by atoms with E-state index in [9.17, 15) is 0 Å². The molecule has 1 N–H and O–H groups in total. The SMILES string of the molecule is CN=C(OCCCN1CCCC1)/C(C)=C(\C)NC. The van der Waals surface area contributed by atoms with E-state index in [2.05, 4.69) is 15.2 Å². The first-order valence-corrected chi connectivity index (χ1v) is 6.86. The fourth-order valence-corrected chi connectivity index (χ4v) is 2.15. The maximum Gasteiger partial charge on any atom is 0.213 e. The molecule has 104 valence electrons. The Kier molecular flexibility index (Phi) is 6.80. The summed E-state index contributed by atoms with van der Waals surface area (Å²) in [6.45, 7) is 8.48. The van der Waals surface area contributed by atoms with Crippen LogP contribution in [0.15, 0.2) is 16.3 Å². The van der Waals surface area contributed by atoms with E-state index >= 15 is 0 Å². The third-order valence-electron chi connectivity index (χ3n) is 3.52. The minimum Gasteiger partial charge on any atom is -0.478 e. The Hall–Kier alpha value is -1.03. The molecule has 4 nitrogen and oxygen atoms in total. The lowest BCUT2D eigenvalue weighted by Crippen LogP contribution is -2.22. The topological polar surface area (TPSA) is 36.9 Å². The lowest BCUT2D eigenvalue weighted by molar-refractivity contribution is 0.255. The van der Waals surface area contributed by atoms with E-state index in [0.29, 0.717) is 0 Å². The van der Waals surface area contributed by atoms with E-state index in [-0.39, 0.29) is 0 Å². The second kappa shape index (κ2) is 8.14. The van der Waals surface area contributed by atoms with Gasteiger partial charge in [-0.25, -0.2) is 0 Å². The number of rotatable bonds is 6. The van der Waals surface area contributed by atoms with Gasteiger partial charge in [-0.2, -0.15) is 0 Å². The summed E-state index contributed by atoms with van der Waals surface area (Å²) in [6, 6.07) is 0. The number of nitrogens with zero attached hydrogens (tertiary/aromatic N) is 2. The number of ether oxygens (including phenoxy) is 1. The Morgan fingerprint density at radius 2 is 1.94 bits per heavy atom. The van der Waals surface area contributed by atoms with Gasteiger partial charge < -0.3 is 15.0 Å². The minimum absolute atomic E-state index is 0.748. The molecule has 1 heterocycles. The van der Waals surface area contributed by atoms with Gasteiger partial charge in [-0.05, 0) is 46.2 Å². The largest absolute Gasteiger partial charge is 0.478 e. The van der Waals surface area contributed by atoms with Crippen LogP contribution in [-0.4, -0.2) is 51.1 Å². The van der Waals surface area contributed by atoms with Crippen LogP contribution < -0.4 is 5.32 Å². The van der Waals surface area contributed by atoms with Crippen molar-refractivity contribution < 1.29 is 4.74 Å². The van der Waals surface area contributed by atoms with Crippen molar-refractivity contribution in [2.75, 3.05) is 40.3 Å². The summed E-state index contributed by atoms with van der Waals surface area (Å²) in [7, 11) is 3.70. The van der Waals surface area contributed by atoms with E-state index in [1.165, 1.54) is 25.9 Å². The molecule has 4 heteroatoms. The van der Waals surface area contributed by atoms with Crippen LogP contribution in [0.5, 0.6) is 0 Å². The molecule has 0 unspecified atom stereocenters. The number of allylic oxidation sites excluding steroid dienone is 1. The van der Waals surface area contributed by atoms with Gasteiger partial charge in [-0.15, -0.1) is 0 Å². The molecule has 0 atom stereocenters. The zero-order valence-electron chi connectivity index (χ0n) is 12.3. The molecule has 0 aromatic rings. The first-order valence-electron chi connectivity index (χ1n) is 6.86. The number of nitrogens with one attached hydrogen (secondary N) is 1. The summed E-state index contributed by atoms with van der Waals surface area (Å²) in [4.78, 5) is 6.72. The zero-order valence-corrected chi connectivity index (χ0v) is 12.3. The average molecular weight is 253 g/mol. The molecule has 0 aliphatic carbocycles. The molecular formula is C14H27N3O. The predicted molar refractivity (Wildman–Crippen MR) is 77.0 cm³/mol. The third kappa shape index (κ3) is 4.69. The molecule has 0 saturated carbocycles. The van der Waals surface area contributed by atoms with Crippen molar-refractivity contribution in [1.82, 2.24) is 10.2 Å². The van der Waals surface area contributed by atoms with E-state index in [4.69, 9.17) is 4.74 Å². The van der Waals surface area contributed by atoms with Crippen molar-refractivity contribution >= 4 is 5.90 Å². The van der Waals surface area contributed by atoms with Gasteiger partial charge in [0.25, 0.3) is 0 Å². The Morgan fingerprint density at radius 1 is 1.28 bits per heavy atom. The van der Waals surface area contributed by atoms with Crippen molar-refractivity contribution in [3.63, 3.8) is 0 Å². The molecular weight excluding hydrogens is 226 g/mol. The molecule has 0 spiro atoms. The summed E-state index contributed by atoms with van der Waals surface area (Å²) < 4.78 is 5.76. The first kappa shape index (κ1) is 15.0. The van der Waals surface area contributed by atoms with Crippen molar-refractivity contribution in [1.29, 1.82) is 0 Å². The Balaban J connectivity index is 2.27. The van der Waals surface area contributed by atoms with Crippen LogP contribution in [-0.2, 0) is 4.74 Å². The number of hydrogen-bond acceptors (Lipinski definition) is 4. The molecule has 0 bridgehead atoms.